The van der Waals surface area contributed by atoms with Crippen LogP contribution in [0, 0.1) is 5.92 Å². The van der Waals surface area contributed by atoms with Crippen molar-refractivity contribution in [3.05, 3.63) is 0 Å². The lowest BCUT2D eigenvalue weighted by molar-refractivity contribution is -0.117. The zero-order valence-electron chi connectivity index (χ0n) is 8.84. The minimum atomic E-state index is -0.459. The summed E-state index contributed by atoms with van der Waals surface area (Å²) in [5, 5.41) is 2.20. The number of urea groups is 1. The Morgan fingerprint density at radius 3 is 2.36 bits per heavy atom. The molecule has 4 nitrogen and oxygen atoms in total. The molecule has 3 amide bonds. The zero-order valence-corrected chi connectivity index (χ0v) is 9.60. The van der Waals surface area contributed by atoms with E-state index in [0.717, 1.165) is 0 Å². The Morgan fingerprint density at radius 2 is 2.00 bits per heavy atom. The molecule has 0 atom stereocenters. The van der Waals surface area contributed by atoms with Gasteiger partial charge in [0, 0.05) is 13.1 Å². The van der Waals surface area contributed by atoms with E-state index < -0.39 is 5.91 Å². The molecule has 0 aromatic carbocycles. The van der Waals surface area contributed by atoms with E-state index in [1.807, 2.05) is 20.8 Å². The fourth-order valence-electron chi connectivity index (χ4n) is 1.03. The molecule has 0 aromatic heterocycles. The Balaban J connectivity index is 4.10. The lowest BCUT2D eigenvalue weighted by atomic mass is 10.2. The summed E-state index contributed by atoms with van der Waals surface area (Å²) in [4.78, 5) is 23.8. The highest BCUT2D eigenvalue weighted by atomic mass is 35.5. The molecular weight excluding hydrogens is 204 g/mol. The van der Waals surface area contributed by atoms with E-state index in [-0.39, 0.29) is 11.9 Å². The number of alkyl halides is 1. The summed E-state index contributed by atoms with van der Waals surface area (Å²) in [6.45, 7) is 7.11. The summed E-state index contributed by atoms with van der Waals surface area (Å²) < 4.78 is 0. The van der Waals surface area contributed by atoms with E-state index in [1.165, 1.54) is 0 Å². The molecule has 1 N–H and O–H groups in total. The van der Waals surface area contributed by atoms with Crippen LogP contribution < -0.4 is 5.32 Å². The quantitative estimate of drug-likeness (QED) is 0.729. The molecule has 0 radical (unpaired) electrons. The minimum absolute atomic E-state index is 0.190. The van der Waals surface area contributed by atoms with Gasteiger partial charge in [0.2, 0.25) is 5.91 Å². The summed E-state index contributed by atoms with van der Waals surface area (Å²) in [7, 11) is 0. The maximum atomic E-state index is 11.4. The molecule has 5 heteroatoms. The average Bonchev–Trinajstić information content (AvgIpc) is 2.13. The third-order valence-corrected chi connectivity index (χ3v) is 1.86. The monoisotopic (exact) mass is 220 g/mol. The molecule has 0 spiro atoms. The van der Waals surface area contributed by atoms with Crippen molar-refractivity contribution in [2.45, 2.75) is 20.8 Å². The van der Waals surface area contributed by atoms with E-state index in [1.54, 1.807) is 4.90 Å². The molecule has 0 fully saturated rings. The van der Waals surface area contributed by atoms with E-state index in [2.05, 4.69) is 5.32 Å². The van der Waals surface area contributed by atoms with Crippen LogP contribution in [-0.4, -0.2) is 35.8 Å². The van der Waals surface area contributed by atoms with Crippen LogP contribution in [-0.2, 0) is 4.79 Å². The first-order chi connectivity index (χ1) is 6.51. The first kappa shape index (κ1) is 13.2. The molecule has 0 unspecified atom stereocenters. The van der Waals surface area contributed by atoms with Crippen LogP contribution in [0.15, 0.2) is 0 Å². The van der Waals surface area contributed by atoms with Gasteiger partial charge in [-0.25, -0.2) is 4.79 Å². The molecule has 0 saturated carbocycles. The van der Waals surface area contributed by atoms with Crippen LogP contribution in [0.5, 0.6) is 0 Å². The Morgan fingerprint density at radius 1 is 1.43 bits per heavy atom. The zero-order chi connectivity index (χ0) is 11.1. The molecule has 0 aliphatic carbocycles. The van der Waals surface area contributed by atoms with Crippen LogP contribution in [0.25, 0.3) is 0 Å². The van der Waals surface area contributed by atoms with E-state index in [0.29, 0.717) is 19.0 Å². The second-order valence-electron chi connectivity index (χ2n) is 3.42. The number of nitrogens with one attached hydrogen (secondary N) is 1. The highest BCUT2D eigenvalue weighted by molar-refractivity contribution is 6.28. The van der Waals surface area contributed by atoms with Gasteiger partial charge in [-0.3, -0.25) is 10.1 Å². The number of imide groups is 1. The normalized spacial score (nSPS) is 10.1. The van der Waals surface area contributed by atoms with Crippen molar-refractivity contribution in [1.29, 1.82) is 0 Å². The summed E-state index contributed by atoms with van der Waals surface area (Å²) in [6, 6.07) is -0.369. The topological polar surface area (TPSA) is 49.4 Å². The Labute approximate surface area is 89.6 Å². The third-order valence-electron chi connectivity index (χ3n) is 1.62. The van der Waals surface area contributed by atoms with Gasteiger partial charge in [-0.15, -0.1) is 11.6 Å². The van der Waals surface area contributed by atoms with Gasteiger partial charge in [-0.1, -0.05) is 13.8 Å². The molecule has 0 bridgehead atoms. The number of hydrogen-bond acceptors (Lipinski definition) is 2. The number of rotatable bonds is 4. The van der Waals surface area contributed by atoms with Crippen LogP contribution in [0.3, 0.4) is 0 Å². The number of hydrogen-bond donors (Lipinski definition) is 1. The molecule has 0 aliphatic rings. The Hall–Kier alpha value is -0.770. The van der Waals surface area contributed by atoms with Gasteiger partial charge in [0.15, 0.2) is 0 Å². The molecule has 0 rings (SSSR count). The van der Waals surface area contributed by atoms with Crippen LogP contribution in [0.1, 0.15) is 20.8 Å². The SMILES string of the molecule is CCN(CC(C)C)C(=O)NC(=O)CCl. The molecule has 0 aromatic rings. The van der Waals surface area contributed by atoms with Gasteiger partial charge in [0.1, 0.15) is 5.88 Å². The number of carbonyl (C=O) groups is 2. The smallest absolute Gasteiger partial charge is 0.324 e. The van der Waals surface area contributed by atoms with Crippen molar-refractivity contribution in [2.75, 3.05) is 19.0 Å². The molecule has 0 saturated heterocycles. The highest BCUT2D eigenvalue weighted by Crippen LogP contribution is 1.98. The second kappa shape index (κ2) is 6.65. The second-order valence-corrected chi connectivity index (χ2v) is 3.69. The van der Waals surface area contributed by atoms with Crippen LogP contribution >= 0.6 is 11.6 Å². The summed E-state index contributed by atoms with van der Waals surface area (Å²) in [5.41, 5.74) is 0. The predicted molar refractivity (Wildman–Crippen MR) is 56.3 cm³/mol. The van der Waals surface area contributed by atoms with Crippen molar-refractivity contribution in [3.63, 3.8) is 0 Å². The summed E-state index contributed by atoms with van der Waals surface area (Å²) in [5.74, 6) is -0.268. The fraction of sp³-hybridized carbons (Fsp3) is 0.778. The predicted octanol–water partition coefficient (Wildman–Crippen LogP) is 1.44. The average molecular weight is 221 g/mol. The van der Waals surface area contributed by atoms with Crippen molar-refractivity contribution in [3.8, 4) is 0 Å². The molecule has 14 heavy (non-hydrogen) atoms. The first-order valence-electron chi connectivity index (χ1n) is 4.66. The number of carbonyl (C=O) groups excluding carboxylic acids is 2. The summed E-state index contributed by atoms with van der Waals surface area (Å²) in [6.07, 6.45) is 0. The van der Waals surface area contributed by atoms with Gasteiger partial charge in [0.25, 0.3) is 0 Å². The minimum Gasteiger partial charge on any atom is -0.324 e. The third kappa shape index (κ3) is 5.07. The number of amides is 3. The Kier molecular flexibility index (Phi) is 6.28. The standard InChI is InChI=1S/C9H17ClN2O2/c1-4-12(6-7(2)3)9(14)11-8(13)5-10/h7H,4-6H2,1-3H3,(H,11,13,14). The van der Waals surface area contributed by atoms with Crippen molar-refractivity contribution in [1.82, 2.24) is 10.2 Å². The van der Waals surface area contributed by atoms with E-state index in [9.17, 15) is 9.59 Å². The fourth-order valence-corrected chi connectivity index (χ4v) is 1.09. The first-order valence-corrected chi connectivity index (χ1v) is 5.19. The molecule has 82 valence electrons. The van der Waals surface area contributed by atoms with Gasteiger partial charge < -0.3 is 4.90 Å². The number of halogens is 1. The summed E-state index contributed by atoms with van der Waals surface area (Å²) >= 11 is 5.27. The van der Waals surface area contributed by atoms with Crippen molar-refractivity contribution in [2.24, 2.45) is 5.92 Å². The van der Waals surface area contributed by atoms with E-state index >= 15 is 0 Å². The van der Waals surface area contributed by atoms with Gasteiger partial charge >= 0.3 is 6.03 Å². The maximum Gasteiger partial charge on any atom is 0.324 e. The van der Waals surface area contributed by atoms with Crippen molar-refractivity contribution >= 4 is 23.5 Å². The lowest BCUT2D eigenvalue weighted by Crippen LogP contribution is -2.44. The Bertz CT molecular complexity index is 207. The van der Waals surface area contributed by atoms with Crippen LogP contribution in [0.4, 0.5) is 4.79 Å². The largest absolute Gasteiger partial charge is 0.324 e. The molecule has 0 heterocycles. The van der Waals surface area contributed by atoms with Gasteiger partial charge in [-0.2, -0.15) is 0 Å². The van der Waals surface area contributed by atoms with Crippen LogP contribution in [0.2, 0.25) is 0 Å². The number of nitrogens with zero attached hydrogens (tertiary/aromatic N) is 1. The van der Waals surface area contributed by atoms with E-state index in [4.69, 9.17) is 11.6 Å². The molecule has 0 aliphatic heterocycles. The highest BCUT2D eigenvalue weighted by Gasteiger charge is 2.14. The lowest BCUT2D eigenvalue weighted by Gasteiger charge is -2.22. The molecular formula is C9H17ClN2O2. The van der Waals surface area contributed by atoms with Gasteiger partial charge in [0.05, 0.1) is 0 Å². The maximum absolute atomic E-state index is 11.4. The van der Waals surface area contributed by atoms with Gasteiger partial charge in [-0.05, 0) is 12.8 Å². The van der Waals surface area contributed by atoms with Crippen molar-refractivity contribution < 1.29 is 9.59 Å².